The largest absolute Gasteiger partial charge is 0.309 e. The number of fused-ring (bicyclic) bond motifs is 10. The Morgan fingerprint density at radius 3 is 1.65 bits per heavy atom. The number of nitrogens with zero attached hydrogens (tertiary/aromatic N) is 3. The number of hydrogen-bond donors (Lipinski definition) is 0. The van der Waals surface area contributed by atoms with E-state index < -0.39 is 0 Å². The van der Waals surface area contributed by atoms with E-state index in [1.807, 2.05) is 0 Å². The molecule has 242 valence electrons. The van der Waals surface area contributed by atoms with E-state index in [1.54, 1.807) is 0 Å². The molecule has 0 saturated carbocycles. The molecule has 52 heavy (non-hydrogen) atoms. The molecule has 3 aromatic heterocycles. The Labute approximate surface area is 300 Å². The van der Waals surface area contributed by atoms with Crippen LogP contribution in [0.3, 0.4) is 0 Å². The molecule has 0 atom stereocenters. The average molecular weight is 662 g/mol. The molecular formula is C49H31N3. The fraction of sp³-hybridized carbons (Fsp3) is 0. The Balaban J connectivity index is 1.16. The highest BCUT2D eigenvalue weighted by Gasteiger charge is 2.20. The van der Waals surface area contributed by atoms with Crippen LogP contribution in [0.1, 0.15) is 0 Å². The van der Waals surface area contributed by atoms with Crippen LogP contribution < -0.4 is 0 Å². The molecule has 3 heteroatoms. The zero-order valence-electron chi connectivity index (χ0n) is 28.2. The molecule has 11 aromatic rings. The normalized spacial score (nSPS) is 11.8. The first kappa shape index (κ1) is 28.8. The summed E-state index contributed by atoms with van der Waals surface area (Å²) in [4.78, 5) is 5.39. The predicted molar refractivity (Wildman–Crippen MR) is 219 cm³/mol. The van der Waals surface area contributed by atoms with Crippen LogP contribution in [-0.4, -0.2) is 14.1 Å². The third-order valence-corrected chi connectivity index (χ3v) is 10.7. The Morgan fingerprint density at radius 2 is 0.885 bits per heavy atom. The number of para-hydroxylation sites is 5. The van der Waals surface area contributed by atoms with Crippen molar-refractivity contribution in [2.75, 3.05) is 0 Å². The summed E-state index contributed by atoms with van der Waals surface area (Å²) in [6, 6.07) is 67.8. The van der Waals surface area contributed by atoms with Crippen LogP contribution in [-0.2, 0) is 0 Å². The summed E-state index contributed by atoms with van der Waals surface area (Å²) < 4.78 is 4.80. The quantitative estimate of drug-likeness (QED) is 0.172. The lowest BCUT2D eigenvalue weighted by molar-refractivity contribution is 1.18. The smallest absolute Gasteiger partial charge is 0.0789 e. The van der Waals surface area contributed by atoms with Gasteiger partial charge in [-0.3, -0.25) is 0 Å². The van der Waals surface area contributed by atoms with E-state index in [-0.39, 0.29) is 0 Å². The number of hydrogen-bond acceptors (Lipinski definition) is 1. The van der Waals surface area contributed by atoms with Gasteiger partial charge in [0.2, 0.25) is 0 Å². The summed E-state index contributed by atoms with van der Waals surface area (Å²) >= 11 is 0. The van der Waals surface area contributed by atoms with Gasteiger partial charge in [-0.15, -0.1) is 0 Å². The van der Waals surface area contributed by atoms with Crippen molar-refractivity contribution in [3.8, 4) is 33.8 Å². The zero-order chi connectivity index (χ0) is 34.2. The van der Waals surface area contributed by atoms with Crippen LogP contribution in [0.5, 0.6) is 0 Å². The van der Waals surface area contributed by atoms with E-state index in [9.17, 15) is 0 Å². The minimum Gasteiger partial charge on any atom is -0.309 e. The van der Waals surface area contributed by atoms with Crippen molar-refractivity contribution in [3.63, 3.8) is 0 Å². The van der Waals surface area contributed by atoms with Crippen LogP contribution in [0.15, 0.2) is 188 Å². The lowest BCUT2D eigenvalue weighted by Crippen LogP contribution is -1.96. The maximum Gasteiger partial charge on any atom is 0.0789 e. The van der Waals surface area contributed by atoms with Gasteiger partial charge in [0.25, 0.3) is 0 Å². The molecule has 0 fully saturated rings. The van der Waals surface area contributed by atoms with Gasteiger partial charge in [-0.05, 0) is 71.8 Å². The summed E-state index contributed by atoms with van der Waals surface area (Å²) in [5.74, 6) is 0. The first-order chi connectivity index (χ1) is 25.8. The van der Waals surface area contributed by atoms with Crippen LogP contribution in [0.2, 0.25) is 0 Å². The average Bonchev–Trinajstić information content (AvgIpc) is 3.74. The van der Waals surface area contributed by atoms with Gasteiger partial charge in [0.15, 0.2) is 0 Å². The maximum absolute atomic E-state index is 5.39. The van der Waals surface area contributed by atoms with Crippen molar-refractivity contribution >= 4 is 65.3 Å². The van der Waals surface area contributed by atoms with Gasteiger partial charge >= 0.3 is 0 Å². The van der Waals surface area contributed by atoms with Gasteiger partial charge in [0.1, 0.15) is 0 Å². The lowest BCUT2D eigenvalue weighted by Gasteiger charge is -2.15. The first-order valence-electron chi connectivity index (χ1n) is 17.8. The van der Waals surface area contributed by atoms with Gasteiger partial charge < -0.3 is 9.13 Å². The monoisotopic (exact) mass is 661 g/mol. The van der Waals surface area contributed by atoms with Crippen molar-refractivity contribution < 1.29 is 0 Å². The molecule has 3 heterocycles. The van der Waals surface area contributed by atoms with Crippen molar-refractivity contribution in [1.29, 1.82) is 0 Å². The third kappa shape index (κ3) is 4.23. The molecule has 0 spiro atoms. The Hall–Kier alpha value is -6.97. The zero-order valence-corrected chi connectivity index (χ0v) is 28.2. The van der Waals surface area contributed by atoms with Crippen molar-refractivity contribution in [1.82, 2.24) is 14.1 Å². The summed E-state index contributed by atoms with van der Waals surface area (Å²) in [6.07, 6.45) is 0. The molecule has 3 nitrogen and oxygen atoms in total. The fourth-order valence-electron chi connectivity index (χ4n) is 8.41. The van der Waals surface area contributed by atoms with Gasteiger partial charge in [-0.2, -0.15) is 0 Å². The molecule has 0 amide bonds. The highest BCUT2D eigenvalue weighted by atomic mass is 15.0. The molecule has 0 unspecified atom stereocenters. The van der Waals surface area contributed by atoms with Gasteiger partial charge in [-0.25, -0.2) is 4.98 Å². The van der Waals surface area contributed by atoms with E-state index >= 15 is 0 Å². The van der Waals surface area contributed by atoms with Gasteiger partial charge in [0.05, 0.1) is 33.3 Å². The third-order valence-electron chi connectivity index (χ3n) is 10.7. The Bertz CT molecular complexity index is 3170. The first-order valence-corrected chi connectivity index (χ1v) is 17.8. The van der Waals surface area contributed by atoms with E-state index in [2.05, 4.69) is 197 Å². The highest BCUT2D eigenvalue weighted by molar-refractivity contribution is 6.27. The molecule has 0 aliphatic rings. The van der Waals surface area contributed by atoms with Gasteiger partial charge in [0, 0.05) is 54.6 Å². The van der Waals surface area contributed by atoms with Crippen LogP contribution in [0.25, 0.3) is 99.0 Å². The van der Waals surface area contributed by atoms with Crippen LogP contribution in [0, 0.1) is 0 Å². The molecule has 0 aliphatic carbocycles. The van der Waals surface area contributed by atoms with Crippen LogP contribution in [0.4, 0.5) is 0 Å². The molecule has 11 rings (SSSR count). The number of pyridine rings is 1. The summed E-state index contributed by atoms with van der Waals surface area (Å²) in [5.41, 5.74) is 12.6. The minimum absolute atomic E-state index is 0.989. The lowest BCUT2D eigenvalue weighted by atomic mass is 9.95. The van der Waals surface area contributed by atoms with Crippen molar-refractivity contribution in [2.45, 2.75) is 0 Å². The second-order valence-electron chi connectivity index (χ2n) is 13.6. The van der Waals surface area contributed by atoms with E-state index in [1.165, 1.54) is 60.1 Å². The molecule has 0 saturated heterocycles. The molecule has 0 radical (unpaired) electrons. The number of aromatic nitrogens is 3. The summed E-state index contributed by atoms with van der Waals surface area (Å²) in [7, 11) is 0. The van der Waals surface area contributed by atoms with Crippen molar-refractivity contribution in [3.05, 3.63) is 188 Å². The topological polar surface area (TPSA) is 22.8 Å². The molecule has 0 aliphatic heterocycles. The SMILES string of the molecule is c1ccc(-n2c3ccccc3c3cc(-c4cccc(-c5nc6ccccc6c6c5ccc5c7ccccc7n(-c7ccccc7)c56)c4)ccc32)cc1. The molecule has 0 bridgehead atoms. The molecule has 0 N–H and O–H groups in total. The van der Waals surface area contributed by atoms with Crippen molar-refractivity contribution in [2.24, 2.45) is 0 Å². The Morgan fingerprint density at radius 1 is 0.327 bits per heavy atom. The molecule has 8 aromatic carbocycles. The second kappa shape index (κ2) is 11.3. The van der Waals surface area contributed by atoms with E-state index in [4.69, 9.17) is 4.98 Å². The van der Waals surface area contributed by atoms with Crippen LogP contribution >= 0.6 is 0 Å². The number of benzene rings is 8. The Kier molecular flexibility index (Phi) is 6.25. The number of rotatable bonds is 4. The maximum atomic E-state index is 5.39. The standard InChI is InChI=1S/C49H31N3/c1-3-16-35(17-4-1)51-44-24-11-9-21-38(44)42-31-33(26-29-46(42)51)32-14-13-15-34(30-32)48-41-28-27-39-37-20-8-12-25-45(37)52(36-18-5-2-6-19-36)49(39)47(41)40-22-7-10-23-43(40)50-48/h1-31H. The summed E-state index contributed by atoms with van der Waals surface area (Å²) in [5, 5.41) is 8.50. The predicted octanol–water partition coefficient (Wildman–Crippen LogP) is 12.9. The second-order valence-corrected chi connectivity index (χ2v) is 13.6. The van der Waals surface area contributed by atoms with E-state index in [0.717, 1.165) is 38.9 Å². The highest BCUT2D eigenvalue weighted by Crippen LogP contribution is 2.43. The van der Waals surface area contributed by atoms with Gasteiger partial charge in [-0.1, -0.05) is 127 Å². The van der Waals surface area contributed by atoms with E-state index in [0.29, 0.717) is 0 Å². The summed E-state index contributed by atoms with van der Waals surface area (Å²) in [6.45, 7) is 0. The molecular weight excluding hydrogens is 631 g/mol. The minimum atomic E-state index is 0.989. The fourth-order valence-corrected chi connectivity index (χ4v) is 8.41.